The van der Waals surface area contributed by atoms with Gasteiger partial charge in [0.2, 0.25) is 23.6 Å². The summed E-state index contributed by atoms with van der Waals surface area (Å²) in [7, 11) is 0. The second kappa shape index (κ2) is 13.6. The first-order chi connectivity index (χ1) is 17.5. The van der Waals surface area contributed by atoms with E-state index < -0.39 is 53.8 Å². The molecule has 0 aliphatic rings. The molecule has 0 spiro atoms. The Kier molecular flexibility index (Phi) is 10.6. The van der Waals surface area contributed by atoms with Crippen molar-refractivity contribution in [1.82, 2.24) is 25.9 Å². The number of amides is 4. The molecule has 0 saturated carbocycles. The van der Waals surface area contributed by atoms with Gasteiger partial charge in [-0.05, 0) is 37.5 Å². The molecule has 14 heteroatoms. The van der Waals surface area contributed by atoms with Crippen molar-refractivity contribution < 1.29 is 34.2 Å². The number of hydrogen-bond acceptors (Lipinski definition) is 8. The van der Waals surface area contributed by atoms with Gasteiger partial charge in [-0.1, -0.05) is 12.1 Å². The third-order valence-corrected chi connectivity index (χ3v) is 5.38. The van der Waals surface area contributed by atoms with Gasteiger partial charge < -0.3 is 42.6 Å². The van der Waals surface area contributed by atoms with Crippen LogP contribution in [0.25, 0.3) is 0 Å². The van der Waals surface area contributed by atoms with Gasteiger partial charge in [-0.15, -0.1) is 0 Å². The second-order valence-electron chi connectivity index (χ2n) is 8.45. The van der Waals surface area contributed by atoms with Gasteiger partial charge in [0, 0.05) is 24.7 Å². The fourth-order valence-corrected chi connectivity index (χ4v) is 3.29. The van der Waals surface area contributed by atoms with Crippen LogP contribution in [0.5, 0.6) is 5.75 Å². The fourth-order valence-electron chi connectivity index (χ4n) is 3.29. The van der Waals surface area contributed by atoms with Gasteiger partial charge in [0.15, 0.2) is 0 Å². The van der Waals surface area contributed by atoms with E-state index in [1.54, 1.807) is 12.1 Å². The van der Waals surface area contributed by atoms with Crippen LogP contribution in [0.3, 0.4) is 0 Å². The van der Waals surface area contributed by atoms with Crippen LogP contribution in [0.15, 0.2) is 36.8 Å². The van der Waals surface area contributed by atoms with Crippen LogP contribution in [-0.2, 0) is 36.8 Å². The second-order valence-corrected chi connectivity index (χ2v) is 8.45. The van der Waals surface area contributed by atoms with Crippen LogP contribution >= 0.6 is 0 Å². The Morgan fingerprint density at radius 2 is 1.59 bits per heavy atom. The maximum atomic E-state index is 13.1. The van der Waals surface area contributed by atoms with Crippen LogP contribution in [0.2, 0.25) is 0 Å². The quantitative estimate of drug-likeness (QED) is 0.139. The SMILES string of the molecule is CC(NC(=O)C(Cc1cnc[nH]1)NC(=O)C(CCC(N)=O)NC(=O)C(N)Cc1ccc(O)cc1)C(=O)O. The molecule has 0 bridgehead atoms. The number of aliphatic carboxylic acids is 1. The normalized spacial score (nSPS) is 14.0. The maximum absolute atomic E-state index is 13.1. The molecule has 1 heterocycles. The van der Waals surface area contributed by atoms with E-state index in [0.717, 1.165) is 0 Å². The smallest absolute Gasteiger partial charge is 0.325 e. The molecule has 4 unspecified atom stereocenters. The highest BCUT2D eigenvalue weighted by atomic mass is 16.4. The average molecular weight is 518 g/mol. The van der Waals surface area contributed by atoms with E-state index in [0.29, 0.717) is 11.3 Å². The Labute approximate surface area is 212 Å². The third kappa shape index (κ3) is 9.60. The summed E-state index contributed by atoms with van der Waals surface area (Å²) >= 11 is 0. The van der Waals surface area contributed by atoms with Crippen molar-refractivity contribution in [2.45, 2.75) is 56.8 Å². The molecular weight excluding hydrogens is 486 g/mol. The molecule has 10 N–H and O–H groups in total. The van der Waals surface area contributed by atoms with E-state index in [1.165, 1.54) is 31.6 Å². The lowest BCUT2D eigenvalue weighted by molar-refractivity contribution is -0.141. The minimum absolute atomic E-state index is 0.0522. The first kappa shape index (κ1) is 28.8. The standard InChI is InChI=1S/C23H31N7O7/c1-12(23(36)37)28-22(35)18(9-14-10-26-11-27-14)30-21(34)17(6-7-19(25)32)29-20(33)16(24)8-13-2-4-15(31)5-3-13/h2-5,10-12,16-18,31H,6-9,24H2,1H3,(H2,25,32)(H,26,27)(H,28,35)(H,29,33)(H,30,34)(H,36,37). The Balaban J connectivity index is 2.14. The lowest BCUT2D eigenvalue weighted by Gasteiger charge is -2.24. The van der Waals surface area contributed by atoms with Crippen LogP contribution in [0.1, 0.15) is 31.0 Å². The van der Waals surface area contributed by atoms with E-state index in [-0.39, 0.29) is 31.4 Å². The molecule has 4 amide bonds. The number of primary amides is 1. The molecule has 0 saturated heterocycles. The fraction of sp³-hybridized carbons (Fsp3) is 0.391. The lowest BCUT2D eigenvalue weighted by atomic mass is 10.0. The minimum atomic E-state index is -1.27. The summed E-state index contributed by atoms with van der Waals surface area (Å²) < 4.78 is 0. The number of aromatic nitrogens is 2. The highest BCUT2D eigenvalue weighted by Gasteiger charge is 2.30. The number of carboxylic acids is 1. The Hall–Kier alpha value is -4.46. The lowest BCUT2D eigenvalue weighted by Crippen LogP contribution is -2.57. The predicted octanol–water partition coefficient (Wildman–Crippen LogP) is -1.95. The minimum Gasteiger partial charge on any atom is -0.508 e. The van der Waals surface area contributed by atoms with Gasteiger partial charge in [0.25, 0.3) is 0 Å². The number of nitrogens with one attached hydrogen (secondary N) is 4. The Morgan fingerprint density at radius 1 is 0.973 bits per heavy atom. The number of nitrogens with zero attached hydrogens (tertiary/aromatic N) is 1. The molecule has 1 aromatic heterocycles. The monoisotopic (exact) mass is 517 g/mol. The summed E-state index contributed by atoms with van der Waals surface area (Å²) in [6, 6.07) is 1.30. The first-order valence-electron chi connectivity index (χ1n) is 11.4. The summed E-state index contributed by atoms with van der Waals surface area (Å²) in [5.41, 5.74) is 12.3. The average Bonchev–Trinajstić information content (AvgIpc) is 3.35. The maximum Gasteiger partial charge on any atom is 0.325 e. The number of hydrogen-bond donors (Lipinski definition) is 8. The molecule has 0 aliphatic heterocycles. The molecule has 2 aromatic rings. The van der Waals surface area contributed by atoms with E-state index >= 15 is 0 Å². The number of phenolic OH excluding ortho intramolecular Hbond substituents is 1. The number of nitrogens with two attached hydrogens (primary N) is 2. The number of rotatable bonds is 14. The number of carbonyl (C=O) groups excluding carboxylic acids is 4. The number of aromatic hydroxyl groups is 1. The number of carbonyl (C=O) groups is 5. The number of H-pyrrole nitrogens is 1. The van der Waals surface area contributed by atoms with Crippen molar-refractivity contribution in [3.05, 3.63) is 48.0 Å². The van der Waals surface area contributed by atoms with Crippen LogP contribution < -0.4 is 27.4 Å². The van der Waals surface area contributed by atoms with Crippen LogP contribution in [0.4, 0.5) is 0 Å². The summed E-state index contributed by atoms with van der Waals surface area (Å²) in [5, 5.41) is 25.8. The topological polar surface area (TPSA) is 243 Å². The molecule has 0 fully saturated rings. The number of phenols is 1. The number of carboxylic acid groups (broad SMARTS) is 1. The first-order valence-corrected chi connectivity index (χ1v) is 11.4. The van der Waals surface area contributed by atoms with E-state index in [9.17, 15) is 29.1 Å². The summed E-state index contributed by atoms with van der Waals surface area (Å²) in [4.78, 5) is 67.7. The zero-order valence-electron chi connectivity index (χ0n) is 20.1. The molecule has 37 heavy (non-hydrogen) atoms. The van der Waals surface area contributed by atoms with Gasteiger partial charge >= 0.3 is 5.97 Å². The highest BCUT2D eigenvalue weighted by molar-refractivity contribution is 5.94. The highest BCUT2D eigenvalue weighted by Crippen LogP contribution is 2.11. The van der Waals surface area contributed by atoms with Gasteiger partial charge in [-0.3, -0.25) is 24.0 Å². The number of imidazole rings is 1. The van der Waals surface area contributed by atoms with Crippen LogP contribution in [0, 0.1) is 0 Å². The molecule has 0 aliphatic carbocycles. The predicted molar refractivity (Wildman–Crippen MR) is 130 cm³/mol. The molecular formula is C23H31N7O7. The molecule has 0 radical (unpaired) electrons. The number of aromatic amines is 1. The van der Waals surface area contributed by atoms with Crippen molar-refractivity contribution >= 4 is 29.6 Å². The van der Waals surface area contributed by atoms with Gasteiger partial charge in [0.1, 0.15) is 23.9 Å². The van der Waals surface area contributed by atoms with Gasteiger partial charge in [0.05, 0.1) is 12.4 Å². The van der Waals surface area contributed by atoms with Crippen molar-refractivity contribution in [3.63, 3.8) is 0 Å². The van der Waals surface area contributed by atoms with Crippen LogP contribution in [-0.4, -0.2) is 73.9 Å². The molecule has 2 rings (SSSR count). The van der Waals surface area contributed by atoms with Crippen molar-refractivity contribution in [2.24, 2.45) is 11.5 Å². The van der Waals surface area contributed by atoms with E-state index in [1.807, 2.05) is 0 Å². The summed E-state index contributed by atoms with van der Waals surface area (Å²) in [6.07, 6.45) is 2.45. The third-order valence-electron chi connectivity index (χ3n) is 5.38. The largest absolute Gasteiger partial charge is 0.508 e. The Morgan fingerprint density at radius 3 is 2.16 bits per heavy atom. The zero-order valence-corrected chi connectivity index (χ0v) is 20.1. The van der Waals surface area contributed by atoms with Crippen molar-refractivity contribution in [2.75, 3.05) is 0 Å². The molecule has 4 atom stereocenters. The molecule has 14 nitrogen and oxygen atoms in total. The Bertz CT molecular complexity index is 1090. The summed E-state index contributed by atoms with van der Waals surface area (Å²) in [5.74, 6) is -4.18. The zero-order chi connectivity index (χ0) is 27.5. The van der Waals surface area contributed by atoms with E-state index in [4.69, 9.17) is 16.6 Å². The number of benzene rings is 1. The van der Waals surface area contributed by atoms with Gasteiger partial charge in [-0.2, -0.15) is 0 Å². The van der Waals surface area contributed by atoms with E-state index in [2.05, 4.69) is 25.9 Å². The summed E-state index contributed by atoms with van der Waals surface area (Å²) in [6.45, 7) is 1.26. The van der Waals surface area contributed by atoms with Crippen molar-refractivity contribution in [1.29, 1.82) is 0 Å². The molecule has 200 valence electrons. The van der Waals surface area contributed by atoms with Crippen molar-refractivity contribution in [3.8, 4) is 5.75 Å². The molecule has 1 aromatic carbocycles. The van der Waals surface area contributed by atoms with Gasteiger partial charge in [-0.25, -0.2) is 4.98 Å².